The topological polar surface area (TPSA) is 69.5 Å². The first-order valence-electron chi connectivity index (χ1n) is 0.932. The Morgan fingerprint density at radius 2 is 2.00 bits per heavy atom. The zero-order chi connectivity index (χ0) is 4.28. The molecule has 0 aromatic carbocycles. The van der Waals surface area contributed by atoms with Crippen LogP contribution in [-0.4, -0.2) is 10.6 Å². The van der Waals surface area contributed by atoms with E-state index in [2.05, 4.69) is 32.7 Å². The van der Waals surface area contributed by atoms with Crippen LogP contribution in [0.1, 0.15) is 0 Å². The average molecular weight is 173 g/mol. The van der Waals surface area contributed by atoms with Crippen molar-refractivity contribution in [3.8, 4) is 0 Å². The molecule has 0 aromatic heterocycles. The Morgan fingerprint density at radius 1 is 1.83 bits per heavy atom. The highest BCUT2D eigenvalue weighted by molar-refractivity contribution is 9.08. The summed E-state index contributed by atoms with van der Waals surface area (Å²) in [5, 5.41) is 0.255. The lowest BCUT2D eigenvalue weighted by molar-refractivity contribution is 0.824. The van der Waals surface area contributed by atoms with Crippen LogP contribution in [0.3, 0.4) is 0 Å². The van der Waals surface area contributed by atoms with Gasteiger partial charge in [0.2, 0.25) is 0 Å². The second-order valence-corrected chi connectivity index (χ2v) is 1.30. The molecule has 0 bridgehead atoms. The Morgan fingerprint density at radius 3 is 2.00 bits per heavy atom. The maximum absolute atomic E-state index is 4.87. The van der Waals surface area contributed by atoms with E-state index in [9.17, 15) is 0 Å². The highest BCUT2D eigenvalue weighted by Crippen LogP contribution is 1.61. The van der Waals surface area contributed by atoms with E-state index in [1.165, 1.54) is 0 Å². The lowest BCUT2D eigenvalue weighted by Gasteiger charge is -1.82. The van der Waals surface area contributed by atoms with Crippen molar-refractivity contribution in [1.82, 2.24) is 4.34 Å². The molecule has 6 heavy (non-hydrogen) atoms. The fourth-order valence-corrected chi connectivity index (χ4v) is 0. The van der Waals surface area contributed by atoms with Gasteiger partial charge in [-0.05, 0) is 12.2 Å². The van der Waals surface area contributed by atoms with Gasteiger partial charge in [0.15, 0.2) is 5.11 Å². The van der Waals surface area contributed by atoms with Gasteiger partial charge in [-0.25, -0.2) is 0 Å². The number of hydrogen-bond donors (Lipinski definition) is 2. The van der Waals surface area contributed by atoms with Crippen LogP contribution in [0.5, 0.6) is 0 Å². The first-order chi connectivity index (χ1) is 2.27. The lowest BCUT2D eigenvalue weighted by Crippen LogP contribution is -2.18. The summed E-state index contributed by atoms with van der Waals surface area (Å²) < 4.78 is 2.35. The van der Waals surface area contributed by atoms with E-state index in [0.29, 0.717) is 0 Å². The Balaban J connectivity index is 0. The van der Waals surface area contributed by atoms with Crippen molar-refractivity contribution in [1.29, 1.82) is 0 Å². The molecule has 0 saturated carbocycles. The highest BCUT2D eigenvalue weighted by Gasteiger charge is 1.68. The number of halogens is 1. The van der Waals surface area contributed by atoms with Gasteiger partial charge in [-0.3, -0.25) is 4.34 Å². The van der Waals surface area contributed by atoms with Gasteiger partial charge in [0.05, 0.1) is 0 Å². The molecule has 3 nitrogen and oxygen atoms in total. The molecular weight excluding hydrogens is 168 g/mol. The first-order valence-corrected chi connectivity index (χ1v) is 2.13. The normalized spacial score (nSPS) is 5.50. The van der Waals surface area contributed by atoms with E-state index < -0.39 is 0 Å². The summed E-state index contributed by atoms with van der Waals surface area (Å²) in [6.45, 7) is 0. The van der Waals surface area contributed by atoms with E-state index in [-0.39, 0.29) is 10.6 Å². The molecule has 0 spiro atoms. The van der Waals surface area contributed by atoms with Crippen molar-refractivity contribution >= 4 is 33.5 Å². The summed E-state index contributed by atoms with van der Waals surface area (Å²) in [5.74, 6) is 0. The van der Waals surface area contributed by atoms with Crippen molar-refractivity contribution < 1.29 is 5.48 Å². The molecular formula is CH5BrN2OS. The smallest absolute Gasteiger partial charge is 0.173 e. The van der Waals surface area contributed by atoms with Gasteiger partial charge in [-0.1, -0.05) is 0 Å². The molecule has 0 unspecified atom stereocenters. The van der Waals surface area contributed by atoms with Gasteiger partial charge in [0.25, 0.3) is 0 Å². The van der Waals surface area contributed by atoms with Crippen LogP contribution >= 0.6 is 28.4 Å². The van der Waals surface area contributed by atoms with Crippen LogP contribution in [-0.2, 0) is 0 Å². The number of hydrogen-bond acceptors (Lipinski definition) is 1. The molecule has 5 heteroatoms. The summed E-state index contributed by atoms with van der Waals surface area (Å²) in [6.07, 6.45) is 0. The van der Waals surface area contributed by atoms with Gasteiger partial charge in [0, 0.05) is 16.1 Å². The van der Waals surface area contributed by atoms with E-state index >= 15 is 0 Å². The van der Waals surface area contributed by atoms with Crippen LogP contribution in [0.4, 0.5) is 0 Å². The summed E-state index contributed by atoms with van der Waals surface area (Å²) in [4.78, 5) is 0. The first kappa shape index (κ1) is 9.46. The van der Waals surface area contributed by atoms with Gasteiger partial charge >= 0.3 is 0 Å². The zero-order valence-corrected chi connectivity index (χ0v) is 5.27. The van der Waals surface area contributed by atoms with E-state index in [4.69, 9.17) is 5.73 Å². The van der Waals surface area contributed by atoms with E-state index in [1.54, 1.807) is 0 Å². The Kier molecular flexibility index (Phi) is 8.09. The number of thiocarbonyl (C=S) groups is 1. The van der Waals surface area contributed by atoms with Crippen LogP contribution in [0, 0.1) is 0 Å². The molecule has 0 rings (SSSR count). The minimum Gasteiger partial charge on any atom is -0.412 e. The van der Waals surface area contributed by atoms with Crippen LogP contribution in [0.15, 0.2) is 0 Å². The average Bonchev–Trinajstić information content (AvgIpc) is 1.38. The third kappa shape index (κ3) is 8.92. The summed E-state index contributed by atoms with van der Waals surface area (Å²) in [5.41, 5.74) is 4.87. The summed E-state index contributed by atoms with van der Waals surface area (Å²) in [6, 6.07) is 0. The number of nitrogens with one attached hydrogen (secondary N) is 1. The van der Waals surface area contributed by atoms with Crippen molar-refractivity contribution in [2.24, 2.45) is 5.73 Å². The monoisotopic (exact) mass is 172 g/mol. The van der Waals surface area contributed by atoms with E-state index in [0.717, 1.165) is 0 Å². The molecule has 38 valence electrons. The van der Waals surface area contributed by atoms with Crippen molar-refractivity contribution in [3.63, 3.8) is 0 Å². The molecule has 0 amide bonds. The van der Waals surface area contributed by atoms with Crippen LogP contribution < -0.4 is 10.1 Å². The van der Waals surface area contributed by atoms with Gasteiger partial charge in [-0.15, -0.1) is 0 Å². The molecule has 0 radical (unpaired) electrons. The lowest BCUT2D eigenvalue weighted by atomic mass is 11.3. The Hall–Kier alpha value is 0.130. The standard InChI is InChI=1S/CH3BrN2S.H2O/c2-4-1(3)5;/h(H3,3,4,5);1H2. The third-order valence-corrected chi connectivity index (χ3v) is 0.885. The Labute approximate surface area is 49.5 Å². The predicted octanol–water partition coefficient (Wildman–Crippen LogP) is -0.695. The molecule has 0 aliphatic carbocycles. The minimum absolute atomic E-state index is 0. The minimum atomic E-state index is 0. The molecule has 0 fully saturated rings. The fraction of sp³-hybridized carbons (Fsp3) is 0. The van der Waals surface area contributed by atoms with Gasteiger partial charge < -0.3 is 11.2 Å². The summed E-state index contributed by atoms with van der Waals surface area (Å²) in [7, 11) is 0. The fourth-order valence-electron chi connectivity index (χ4n) is 0. The van der Waals surface area contributed by atoms with Crippen molar-refractivity contribution in [3.05, 3.63) is 0 Å². The maximum Gasteiger partial charge on any atom is 0.173 e. The largest absolute Gasteiger partial charge is 0.412 e. The van der Waals surface area contributed by atoms with Crippen molar-refractivity contribution in [2.75, 3.05) is 0 Å². The van der Waals surface area contributed by atoms with Gasteiger partial charge in [0.1, 0.15) is 0 Å². The second kappa shape index (κ2) is 5.13. The predicted molar refractivity (Wildman–Crippen MR) is 32.5 cm³/mol. The SMILES string of the molecule is NC(=S)NBr.O. The molecule has 0 aliphatic heterocycles. The molecule has 0 atom stereocenters. The van der Waals surface area contributed by atoms with Gasteiger partial charge in [-0.2, -0.15) is 0 Å². The third-order valence-electron chi connectivity index (χ3n) is 0.0931. The molecule has 0 heterocycles. The van der Waals surface area contributed by atoms with Crippen LogP contribution in [0.2, 0.25) is 0 Å². The maximum atomic E-state index is 4.87. The molecule has 0 aliphatic rings. The second-order valence-electron chi connectivity index (χ2n) is 0.459. The number of nitrogens with two attached hydrogens (primary N) is 1. The Bertz CT molecular complexity index is 48.8. The van der Waals surface area contributed by atoms with E-state index in [1.807, 2.05) is 0 Å². The van der Waals surface area contributed by atoms with Crippen molar-refractivity contribution in [2.45, 2.75) is 0 Å². The quantitative estimate of drug-likeness (QED) is 0.376. The molecule has 5 N–H and O–H groups in total. The summed E-state index contributed by atoms with van der Waals surface area (Å²) >= 11 is 7.11. The van der Waals surface area contributed by atoms with Crippen LogP contribution in [0.25, 0.3) is 0 Å². The zero-order valence-electron chi connectivity index (χ0n) is 2.86. The molecule has 0 aromatic rings. The molecule has 0 saturated heterocycles. The number of rotatable bonds is 0. The highest BCUT2D eigenvalue weighted by atomic mass is 79.9.